The van der Waals surface area contributed by atoms with Gasteiger partial charge in [0.1, 0.15) is 0 Å². The van der Waals surface area contributed by atoms with Gasteiger partial charge < -0.3 is 4.90 Å². The van der Waals surface area contributed by atoms with Crippen LogP contribution in [0, 0.1) is 17.3 Å². The molecule has 0 N–H and O–H groups in total. The third-order valence-electron chi connectivity index (χ3n) is 8.93. The van der Waals surface area contributed by atoms with Crippen molar-refractivity contribution in [2.45, 2.75) is 76.7 Å². The quantitative estimate of drug-likeness (QED) is 0.394. The Morgan fingerprint density at radius 1 is 0.750 bits per heavy atom. The van der Waals surface area contributed by atoms with Crippen molar-refractivity contribution in [2.75, 3.05) is 32.7 Å². The second-order valence-electron chi connectivity index (χ2n) is 10.9. The molecule has 2 heteroatoms. The van der Waals surface area contributed by atoms with E-state index in [1.165, 1.54) is 90.5 Å². The maximum atomic E-state index is 2.96. The van der Waals surface area contributed by atoms with Crippen LogP contribution in [0.3, 0.4) is 0 Å². The molecule has 2 unspecified atom stereocenters. The summed E-state index contributed by atoms with van der Waals surface area (Å²) in [4.78, 5) is 5.81. The first-order valence-electron chi connectivity index (χ1n) is 13.6. The van der Waals surface area contributed by atoms with Crippen LogP contribution >= 0.6 is 0 Å². The summed E-state index contributed by atoms with van der Waals surface area (Å²) in [5.41, 5.74) is 2.26. The molecule has 6 aliphatic rings. The largest absolute Gasteiger partial charge is 0.302 e. The molecule has 6 atom stereocenters. The summed E-state index contributed by atoms with van der Waals surface area (Å²) in [7, 11) is 0. The number of piperidine rings is 2. The molecular formula is C30H44N2. The average Bonchev–Trinajstić information content (AvgIpc) is 2.83. The van der Waals surface area contributed by atoms with Crippen LogP contribution in [0.2, 0.25) is 0 Å². The summed E-state index contributed by atoms with van der Waals surface area (Å²) in [6, 6.07) is 0.686. The number of nitrogens with zero attached hydrogens (tertiary/aromatic N) is 2. The van der Waals surface area contributed by atoms with Crippen LogP contribution in [0.15, 0.2) is 60.3 Å². The van der Waals surface area contributed by atoms with Crippen LogP contribution in [0.1, 0.15) is 70.6 Å². The van der Waals surface area contributed by atoms with Crippen molar-refractivity contribution >= 4 is 0 Å². The predicted molar refractivity (Wildman–Crippen MR) is 137 cm³/mol. The maximum Gasteiger partial charge on any atom is 0.0379 e. The minimum absolute atomic E-state index is 0.461. The molecule has 2 fully saturated rings. The van der Waals surface area contributed by atoms with Crippen molar-refractivity contribution in [3.8, 4) is 0 Å². The molecule has 1 aliphatic carbocycles. The van der Waals surface area contributed by atoms with Gasteiger partial charge in [0.05, 0.1) is 0 Å². The minimum Gasteiger partial charge on any atom is -0.302 e. The third-order valence-corrected chi connectivity index (χ3v) is 8.93. The van der Waals surface area contributed by atoms with Gasteiger partial charge in [-0.1, -0.05) is 60.3 Å². The molecule has 0 amide bonds. The molecule has 2 saturated heterocycles. The molecule has 5 heterocycles. The number of hydrogen-bond acceptors (Lipinski definition) is 2. The Labute approximate surface area is 196 Å². The molecule has 0 radical (unpaired) electrons. The van der Waals surface area contributed by atoms with Gasteiger partial charge in [-0.3, -0.25) is 4.90 Å². The van der Waals surface area contributed by atoms with E-state index in [1.807, 2.05) is 0 Å². The lowest BCUT2D eigenvalue weighted by atomic mass is 9.52. The van der Waals surface area contributed by atoms with Gasteiger partial charge in [0.2, 0.25) is 0 Å². The van der Waals surface area contributed by atoms with Crippen molar-refractivity contribution in [3.63, 3.8) is 0 Å². The van der Waals surface area contributed by atoms with Gasteiger partial charge in [0.25, 0.3) is 0 Å². The van der Waals surface area contributed by atoms with E-state index in [0.717, 1.165) is 24.7 Å². The van der Waals surface area contributed by atoms with Gasteiger partial charge in [0, 0.05) is 31.1 Å². The van der Waals surface area contributed by atoms with E-state index >= 15 is 0 Å². The lowest BCUT2D eigenvalue weighted by molar-refractivity contribution is -0.109. The second-order valence-corrected chi connectivity index (χ2v) is 10.9. The zero-order valence-corrected chi connectivity index (χ0v) is 20.1. The zero-order chi connectivity index (χ0) is 21.6. The summed E-state index contributed by atoms with van der Waals surface area (Å²) in [5, 5.41) is 0. The highest BCUT2D eigenvalue weighted by molar-refractivity contribution is 5.30. The molecule has 2 nitrogen and oxygen atoms in total. The molecule has 0 saturated carbocycles. The first kappa shape index (κ1) is 22.4. The van der Waals surface area contributed by atoms with Gasteiger partial charge in [-0.15, -0.1) is 0 Å². The smallest absolute Gasteiger partial charge is 0.0379 e. The van der Waals surface area contributed by atoms with Crippen LogP contribution in [0.4, 0.5) is 0 Å². The van der Waals surface area contributed by atoms with Crippen LogP contribution < -0.4 is 0 Å². The normalized spacial score (nSPS) is 44.5. The first-order chi connectivity index (χ1) is 15.9. The Bertz CT molecular complexity index is 772. The monoisotopic (exact) mass is 432 g/mol. The highest BCUT2D eigenvalue weighted by Crippen LogP contribution is 2.57. The van der Waals surface area contributed by atoms with Crippen molar-refractivity contribution in [2.24, 2.45) is 17.3 Å². The Morgan fingerprint density at radius 2 is 1.53 bits per heavy atom. The number of fused-ring (bicyclic) bond motifs is 1. The topological polar surface area (TPSA) is 6.48 Å². The van der Waals surface area contributed by atoms with Gasteiger partial charge in [-0.05, 0) is 95.6 Å². The predicted octanol–water partition coefficient (Wildman–Crippen LogP) is 6.69. The second kappa shape index (κ2) is 10.7. The first-order valence-corrected chi connectivity index (χ1v) is 13.6. The lowest BCUT2D eigenvalue weighted by Crippen LogP contribution is -2.68. The molecule has 0 aromatic carbocycles. The molecule has 6 rings (SSSR count). The van der Waals surface area contributed by atoms with E-state index < -0.39 is 0 Å². The molecule has 5 aliphatic heterocycles. The van der Waals surface area contributed by atoms with Crippen LogP contribution in [0.25, 0.3) is 0 Å². The van der Waals surface area contributed by atoms with E-state index in [-0.39, 0.29) is 0 Å². The summed E-state index contributed by atoms with van der Waals surface area (Å²) in [6.45, 7) is 6.51. The van der Waals surface area contributed by atoms with E-state index in [4.69, 9.17) is 0 Å². The summed E-state index contributed by atoms with van der Waals surface area (Å²) >= 11 is 0. The van der Waals surface area contributed by atoms with Crippen LogP contribution in [-0.4, -0.2) is 48.6 Å². The minimum atomic E-state index is 0.461. The van der Waals surface area contributed by atoms with Gasteiger partial charge in [0.15, 0.2) is 0 Å². The van der Waals surface area contributed by atoms with E-state index in [2.05, 4.69) is 64.5 Å². The fourth-order valence-electron chi connectivity index (χ4n) is 7.64. The number of rotatable bonds is 0. The van der Waals surface area contributed by atoms with Gasteiger partial charge >= 0.3 is 0 Å². The van der Waals surface area contributed by atoms with Gasteiger partial charge in [-0.25, -0.2) is 0 Å². The molecule has 174 valence electrons. The highest BCUT2D eigenvalue weighted by Gasteiger charge is 2.58. The van der Waals surface area contributed by atoms with Crippen molar-refractivity contribution < 1.29 is 0 Å². The van der Waals surface area contributed by atoms with Crippen LogP contribution in [-0.2, 0) is 0 Å². The number of hydrogen-bond donors (Lipinski definition) is 0. The SMILES string of the molecule is C1=C2CC/C=C\C/C=C\C/C=C\CCN3CC[C@H]4[C@@H]1CN1CCCC/C=C\CC[C@@]4(C3)[C@H]21. The summed E-state index contributed by atoms with van der Waals surface area (Å²) in [6.07, 6.45) is 36.0. The Balaban J connectivity index is 1.48. The summed E-state index contributed by atoms with van der Waals surface area (Å²) in [5.74, 6) is 1.69. The maximum absolute atomic E-state index is 2.96. The lowest BCUT2D eigenvalue weighted by Gasteiger charge is -2.64. The molecule has 6 bridgehead atoms. The zero-order valence-electron chi connectivity index (χ0n) is 20.1. The summed E-state index contributed by atoms with van der Waals surface area (Å²) < 4.78 is 0. The van der Waals surface area contributed by atoms with Crippen molar-refractivity contribution in [1.29, 1.82) is 0 Å². The third kappa shape index (κ3) is 4.77. The van der Waals surface area contributed by atoms with Crippen LogP contribution in [0.5, 0.6) is 0 Å². The molecule has 0 aromatic heterocycles. The molecule has 1 spiro atoms. The van der Waals surface area contributed by atoms with E-state index in [9.17, 15) is 0 Å². The standard InChI is InChI=1S/C30H44N2/c1-2-4-7-11-15-20-31-22-18-28-27-23-26(17-13-9-5-3-1)29-30(28,25-31)19-14-10-6-8-12-16-21-32(29)24-27/h1-2,5-7,9-11,23,27-29H,3-4,8,12-22,24-25H2/b2-1-,9-5-,10-6-,11-7-/t27-,28-,29-,30-/m0/s1. The Kier molecular flexibility index (Phi) is 7.49. The fourth-order valence-corrected chi connectivity index (χ4v) is 7.64. The van der Waals surface area contributed by atoms with E-state index in [0.29, 0.717) is 11.5 Å². The fraction of sp³-hybridized carbons (Fsp3) is 0.667. The molecule has 32 heavy (non-hydrogen) atoms. The Hall–Kier alpha value is -1.38. The van der Waals surface area contributed by atoms with Gasteiger partial charge in [-0.2, -0.15) is 0 Å². The highest BCUT2D eigenvalue weighted by atomic mass is 15.2. The van der Waals surface area contributed by atoms with Crippen molar-refractivity contribution in [1.82, 2.24) is 9.80 Å². The number of allylic oxidation sites excluding steroid dienone is 7. The van der Waals surface area contributed by atoms with Crippen molar-refractivity contribution in [3.05, 3.63) is 60.3 Å². The van der Waals surface area contributed by atoms with E-state index in [1.54, 1.807) is 5.57 Å². The Morgan fingerprint density at radius 3 is 2.44 bits per heavy atom. The average molecular weight is 433 g/mol. The molecule has 0 aromatic rings. The molecular weight excluding hydrogens is 388 g/mol.